The molecule has 0 saturated carbocycles. The van der Waals surface area contributed by atoms with E-state index in [-0.39, 0.29) is 0 Å². The van der Waals surface area contributed by atoms with E-state index in [4.69, 9.17) is 0 Å². The summed E-state index contributed by atoms with van der Waals surface area (Å²) >= 11 is 0. The van der Waals surface area contributed by atoms with Crippen LogP contribution in [0.1, 0.15) is 13.3 Å². The highest BCUT2D eigenvalue weighted by atomic mass is 14.9. The van der Waals surface area contributed by atoms with Crippen LogP contribution < -0.4 is 0 Å². The number of benzene rings is 1. The molecule has 2 heterocycles. The fourth-order valence-corrected chi connectivity index (χ4v) is 2.28. The number of rotatable bonds is 2. The van der Waals surface area contributed by atoms with Crippen molar-refractivity contribution in [1.82, 2.24) is 9.55 Å². The Morgan fingerprint density at radius 3 is 3.00 bits per heavy atom. The maximum Gasteiger partial charge on any atom is 0.0723 e. The number of nitrogens with zero attached hydrogens (tertiary/aromatic N) is 2. The lowest BCUT2D eigenvalue weighted by Gasteiger charge is -2.05. The summed E-state index contributed by atoms with van der Waals surface area (Å²) in [6, 6.07) is 10.6. The Bertz CT molecular complexity index is 637. The second kappa shape index (κ2) is 3.63. The van der Waals surface area contributed by atoms with Gasteiger partial charge < -0.3 is 4.57 Å². The van der Waals surface area contributed by atoms with Gasteiger partial charge in [-0.25, -0.2) is 0 Å². The molecule has 0 saturated heterocycles. The fraction of sp³-hybridized carbons (Fsp3) is 0.214. The smallest absolute Gasteiger partial charge is 0.0723 e. The summed E-state index contributed by atoms with van der Waals surface area (Å²) in [6.07, 6.45) is 5.17. The van der Waals surface area contributed by atoms with Crippen molar-refractivity contribution in [3.05, 3.63) is 42.7 Å². The van der Waals surface area contributed by atoms with Gasteiger partial charge in [0.25, 0.3) is 0 Å². The second-order valence-electron chi connectivity index (χ2n) is 4.08. The van der Waals surface area contributed by atoms with Crippen LogP contribution in [-0.4, -0.2) is 9.55 Å². The molecule has 0 amide bonds. The van der Waals surface area contributed by atoms with Gasteiger partial charge in [-0.05, 0) is 30.7 Å². The van der Waals surface area contributed by atoms with E-state index < -0.39 is 0 Å². The molecule has 0 aliphatic heterocycles. The first-order valence-electron chi connectivity index (χ1n) is 5.72. The monoisotopic (exact) mass is 210 g/mol. The standard InChI is InChI=1S/C14H14N2/c1-2-9-16-10-7-11-5-6-13-12(14(11)16)4-3-8-15-13/h3-8,10H,2,9H2,1H3. The van der Waals surface area contributed by atoms with E-state index in [9.17, 15) is 0 Å². The van der Waals surface area contributed by atoms with Crippen LogP contribution in [-0.2, 0) is 6.54 Å². The SMILES string of the molecule is CCCn1ccc2ccc3ncccc3c21. The summed E-state index contributed by atoms with van der Waals surface area (Å²) in [6.45, 7) is 3.27. The van der Waals surface area contributed by atoms with Gasteiger partial charge in [0.05, 0.1) is 11.0 Å². The third-order valence-corrected chi connectivity index (χ3v) is 2.97. The molecule has 0 N–H and O–H groups in total. The Labute approximate surface area is 94.5 Å². The minimum absolute atomic E-state index is 1.07. The first kappa shape index (κ1) is 9.40. The normalized spacial score (nSPS) is 11.3. The van der Waals surface area contributed by atoms with Crippen molar-refractivity contribution in [2.45, 2.75) is 19.9 Å². The molecule has 80 valence electrons. The van der Waals surface area contributed by atoms with Gasteiger partial charge in [-0.15, -0.1) is 0 Å². The zero-order valence-corrected chi connectivity index (χ0v) is 9.35. The molecular formula is C14H14N2. The van der Waals surface area contributed by atoms with Gasteiger partial charge in [0.15, 0.2) is 0 Å². The predicted molar refractivity (Wildman–Crippen MR) is 67.5 cm³/mol. The van der Waals surface area contributed by atoms with E-state index in [0.717, 1.165) is 18.5 Å². The molecular weight excluding hydrogens is 196 g/mol. The summed E-state index contributed by atoms with van der Waals surface area (Å²) in [5.41, 5.74) is 2.39. The molecule has 0 unspecified atom stereocenters. The summed E-state index contributed by atoms with van der Waals surface area (Å²) in [5.74, 6) is 0. The number of hydrogen-bond donors (Lipinski definition) is 0. The van der Waals surface area contributed by atoms with Crippen molar-refractivity contribution in [3.63, 3.8) is 0 Å². The number of hydrogen-bond acceptors (Lipinski definition) is 1. The van der Waals surface area contributed by atoms with E-state index in [0.29, 0.717) is 0 Å². The molecule has 0 aliphatic carbocycles. The van der Waals surface area contributed by atoms with Gasteiger partial charge in [-0.3, -0.25) is 4.98 Å². The van der Waals surface area contributed by atoms with Crippen LogP contribution in [0.5, 0.6) is 0 Å². The minimum atomic E-state index is 1.07. The van der Waals surface area contributed by atoms with Crippen molar-refractivity contribution in [1.29, 1.82) is 0 Å². The van der Waals surface area contributed by atoms with Gasteiger partial charge in [0, 0.05) is 29.7 Å². The van der Waals surface area contributed by atoms with Crippen molar-refractivity contribution in [3.8, 4) is 0 Å². The van der Waals surface area contributed by atoms with E-state index >= 15 is 0 Å². The maximum absolute atomic E-state index is 4.40. The lowest BCUT2D eigenvalue weighted by atomic mass is 10.1. The molecule has 0 fully saturated rings. The van der Waals surface area contributed by atoms with E-state index in [1.807, 2.05) is 12.3 Å². The lowest BCUT2D eigenvalue weighted by Crippen LogP contribution is -1.94. The molecule has 2 aromatic heterocycles. The summed E-state index contributed by atoms with van der Waals surface area (Å²) in [7, 11) is 0. The highest BCUT2D eigenvalue weighted by Crippen LogP contribution is 2.25. The first-order valence-corrected chi connectivity index (χ1v) is 5.72. The molecule has 3 rings (SSSR count). The van der Waals surface area contributed by atoms with E-state index in [1.54, 1.807) is 0 Å². The van der Waals surface area contributed by atoms with Gasteiger partial charge in [-0.2, -0.15) is 0 Å². The number of aromatic nitrogens is 2. The Morgan fingerprint density at radius 2 is 2.12 bits per heavy atom. The van der Waals surface area contributed by atoms with Crippen LogP contribution in [0.2, 0.25) is 0 Å². The van der Waals surface area contributed by atoms with Crippen LogP contribution in [0.25, 0.3) is 21.8 Å². The third-order valence-electron chi connectivity index (χ3n) is 2.97. The molecule has 1 aromatic carbocycles. The zero-order valence-electron chi connectivity index (χ0n) is 9.35. The maximum atomic E-state index is 4.40. The summed E-state index contributed by atoms with van der Waals surface area (Å²) in [5, 5.41) is 2.55. The summed E-state index contributed by atoms with van der Waals surface area (Å²) in [4.78, 5) is 4.40. The van der Waals surface area contributed by atoms with Crippen molar-refractivity contribution >= 4 is 21.8 Å². The van der Waals surface area contributed by atoms with Crippen LogP contribution in [0.4, 0.5) is 0 Å². The topological polar surface area (TPSA) is 17.8 Å². The second-order valence-corrected chi connectivity index (χ2v) is 4.08. The molecule has 2 nitrogen and oxygen atoms in total. The Morgan fingerprint density at radius 1 is 1.19 bits per heavy atom. The zero-order chi connectivity index (χ0) is 11.0. The van der Waals surface area contributed by atoms with E-state index in [2.05, 4.69) is 46.9 Å². The number of aryl methyl sites for hydroxylation is 1. The summed E-state index contributed by atoms with van der Waals surface area (Å²) < 4.78 is 2.32. The third kappa shape index (κ3) is 1.30. The minimum Gasteiger partial charge on any atom is -0.347 e. The largest absolute Gasteiger partial charge is 0.347 e. The Balaban J connectivity index is 2.42. The van der Waals surface area contributed by atoms with Crippen LogP contribution in [0, 0.1) is 0 Å². The number of pyridine rings is 1. The number of fused-ring (bicyclic) bond motifs is 3. The average Bonchev–Trinajstić information content (AvgIpc) is 2.73. The first-order chi connectivity index (χ1) is 7.90. The molecule has 0 atom stereocenters. The van der Waals surface area contributed by atoms with Gasteiger partial charge >= 0.3 is 0 Å². The average molecular weight is 210 g/mol. The van der Waals surface area contributed by atoms with Crippen LogP contribution in [0.15, 0.2) is 42.7 Å². The highest BCUT2D eigenvalue weighted by molar-refractivity contribution is 6.04. The predicted octanol–water partition coefficient (Wildman–Crippen LogP) is 3.60. The molecule has 3 aromatic rings. The molecule has 0 spiro atoms. The quantitative estimate of drug-likeness (QED) is 0.632. The van der Waals surface area contributed by atoms with Gasteiger partial charge in [0.2, 0.25) is 0 Å². The molecule has 16 heavy (non-hydrogen) atoms. The van der Waals surface area contributed by atoms with E-state index in [1.165, 1.54) is 16.3 Å². The van der Waals surface area contributed by atoms with Gasteiger partial charge in [0.1, 0.15) is 0 Å². The molecule has 0 aliphatic rings. The van der Waals surface area contributed by atoms with Gasteiger partial charge in [-0.1, -0.05) is 13.0 Å². The fourth-order valence-electron chi connectivity index (χ4n) is 2.28. The molecule has 2 heteroatoms. The Hall–Kier alpha value is -1.83. The molecule has 0 radical (unpaired) electrons. The lowest BCUT2D eigenvalue weighted by molar-refractivity contribution is 0.705. The highest BCUT2D eigenvalue weighted by Gasteiger charge is 2.05. The van der Waals surface area contributed by atoms with Crippen molar-refractivity contribution in [2.24, 2.45) is 0 Å². The Kier molecular flexibility index (Phi) is 2.13. The van der Waals surface area contributed by atoms with Crippen molar-refractivity contribution < 1.29 is 0 Å². The van der Waals surface area contributed by atoms with Crippen LogP contribution >= 0.6 is 0 Å². The molecule has 0 bridgehead atoms. The van der Waals surface area contributed by atoms with Crippen molar-refractivity contribution in [2.75, 3.05) is 0 Å². The van der Waals surface area contributed by atoms with Crippen LogP contribution in [0.3, 0.4) is 0 Å².